The average Bonchev–Trinajstić information content (AvgIpc) is 2.03. The third-order valence-electron chi connectivity index (χ3n) is 0.797. The van der Waals surface area contributed by atoms with Crippen LogP contribution >= 0.6 is 0 Å². The highest BCUT2D eigenvalue weighted by molar-refractivity contribution is 7.85. The molecular formula is C6H13NO4S. The van der Waals surface area contributed by atoms with Crippen LogP contribution in [-0.4, -0.2) is 31.7 Å². The van der Waals surface area contributed by atoms with E-state index in [-0.39, 0.29) is 11.7 Å². The van der Waals surface area contributed by atoms with Crippen LogP contribution in [0.1, 0.15) is 6.92 Å². The predicted octanol–water partition coefficient (Wildman–Crippen LogP) is -0.187. The highest BCUT2D eigenvalue weighted by Crippen LogP contribution is 1.74. The van der Waals surface area contributed by atoms with E-state index in [0.717, 1.165) is 0 Å². The molecule has 0 atom stereocenters. The number of nitrogens with one attached hydrogen (secondary N) is 1. The fourth-order valence-electron chi connectivity index (χ4n) is 0.102. The molecule has 0 aliphatic rings. The fraction of sp³-hybridized carbons (Fsp3) is 0.500. The van der Waals surface area contributed by atoms with E-state index in [0.29, 0.717) is 0 Å². The van der Waals surface area contributed by atoms with Crippen LogP contribution in [0.15, 0.2) is 12.7 Å². The number of likely N-dealkylation sites (N-methyl/N-ethyl adjacent to an activating group) is 1. The standard InChI is InChI=1S/C4H7NO.C2H6O3S/c1-3-4(6)5-2;1-2-6(3,4)5/h3H,1H2,2H3,(H,5,6);2H2,1H3,(H,3,4,5). The molecule has 0 fully saturated rings. The van der Waals surface area contributed by atoms with Gasteiger partial charge in [-0.25, -0.2) is 0 Å². The summed E-state index contributed by atoms with van der Waals surface area (Å²) in [7, 11) is -2.10. The van der Waals surface area contributed by atoms with Crippen LogP contribution in [0.3, 0.4) is 0 Å². The lowest BCUT2D eigenvalue weighted by Crippen LogP contribution is -2.13. The van der Waals surface area contributed by atoms with Gasteiger partial charge in [0, 0.05) is 7.05 Å². The molecule has 0 aromatic heterocycles. The predicted molar refractivity (Wildman–Crippen MR) is 46.4 cm³/mol. The van der Waals surface area contributed by atoms with Gasteiger partial charge >= 0.3 is 0 Å². The second-order valence-electron chi connectivity index (χ2n) is 1.69. The maximum absolute atomic E-state index is 9.95. The zero-order chi connectivity index (χ0) is 10.2. The molecule has 72 valence electrons. The van der Waals surface area contributed by atoms with Crippen LogP contribution in [-0.2, 0) is 14.9 Å². The third kappa shape index (κ3) is 16.1. The summed E-state index contributed by atoms with van der Waals surface area (Å²) < 4.78 is 26.9. The first-order valence-electron chi connectivity index (χ1n) is 3.16. The third-order valence-corrected chi connectivity index (χ3v) is 1.53. The van der Waals surface area contributed by atoms with Crippen LogP contribution in [0.25, 0.3) is 0 Å². The lowest BCUT2D eigenvalue weighted by atomic mass is 10.6. The van der Waals surface area contributed by atoms with E-state index >= 15 is 0 Å². The van der Waals surface area contributed by atoms with E-state index in [4.69, 9.17) is 4.55 Å². The Hall–Kier alpha value is -0.880. The van der Waals surface area contributed by atoms with Gasteiger partial charge in [0.1, 0.15) is 0 Å². The first-order valence-corrected chi connectivity index (χ1v) is 4.77. The van der Waals surface area contributed by atoms with Crippen molar-refractivity contribution < 1.29 is 17.8 Å². The molecule has 0 saturated carbocycles. The minimum absolute atomic E-state index is 0.144. The van der Waals surface area contributed by atoms with E-state index < -0.39 is 10.1 Å². The van der Waals surface area contributed by atoms with Crippen LogP contribution in [0.5, 0.6) is 0 Å². The van der Waals surface area contributed by atoms with Crippen molar-refractivity contribution in [2.24, 2.45) is 0 Å². The zero-order valence-electron chi connectivity index (χ0n) is 7.07. The number of carbonyl (C=O) groups is 1. The Morgan fingerprint density at radius 3 is 2.00 bits per heavy atom. The van der Waals surface area contributed by atoms with E-state index in [9.17, 15) is 13.2 Å². The first-order chi connectivity index (χ1) is 5.37. The minimum Gasteiger partial charge on any atom is -0.356 e. The van der Waals surface area contributed by atoms with Crippen molar-refractivity contribution in [3.8, 4) is 0 Å². The van der Waals surface area contributed by atoms with Gasteiger partial charge in [0.2, 0.25) is 5.91 Å². The smallest absolute Gasteiger partial charge is 0.264 e. The Morgan fingerprint density at radius 2 is 2.00 bits per heavy atom. The molecule has 0 aromatic rings. The van der Waals surface area contributed by atoms with Crippen LogP contribution < -0.4 is 5.32 Å². The van der Waals surface area contributed by atoms with Gasteiger partial charge in [-0.1, -0.05) is 6.58 Å². The number of carbonyl (C=O) groups excluding carboxylic acids is 1. The molecule has 0 unspecified atom stereocenters. The normalized spacial score (nSPS) is 9.25. The van der Waals surface area contributed by atoms with Gasteiger partial charge in [0.05, 0.1) is 5.75 Å². The molecule has 12 heavy (non-hydrogen) atoms. The lowest BCUT2D eigenvalue weighted by Gasteiger charge is -1.82. The van der Waals surface area contributed by atoms with Crippen LogP contribution in [0.4, 0.5) is 0 Å². The number of hydrogen-bond acceptors (Lipinski definition) is 3. The molecule has 0 radical (unpaired) electrons. The van der Waals surface area contributed by atoms with Crippen LogP contribution in [0, 0.1) is 0 Å². The molecule has 0 spiro atoms. The van der Waals surface area contributed by atoms with Gasteiger partial charge < -0.3 is 5.32 Å². The summed E-state index contributed by atoms with van der Waals surface area (Å²) in [6.07, 6.45) is 1.22. The van der Waals surface area contributed by atoms with Crippen molar-refractivity contribution >= 4 is 16.0 Å². The van der Waals surface area contributed by atoms with Gasteiger partial charge in [-0.3, -0.25) is 9.35 Å². The largest absolute Gasteiger partial charge is 0.356 e. The highest BCUT2D eigenvalue weighted by atomic mass is 32.2. The SMILES string of the molecule is C=CC(=O)NC.CCS(=O)(=O)O. The Morgan fingerprint density at radius 1 is 1.67 bits per heavy atom. The number of amides is 1. The lowest BCUT2D eigenvalue weighted by molar-refractivity contribution is -0.116. The topological polar surface area (TPSA) is 83.5 Å². The molecule has 0 aliphatic heterocycles. The summed E-state index contributed by atoms with van der Waals surface area (Å²) in [6, 6.07) is 0. The fourth-order valence-corrected chi connectivity index (χ4v) is 0.102. The maximum atomic E-state index is 9.95. The molecule has 0 aliphatic carbocycles. The Labute approximate surface area is 72.2 Å². The van der Waals surface area contributed by atoms with Gasteiger partial charge in [-0.2, -0.15) is 8.42 Å². The van der Waals surface area contributed by atoms with E-state index in [1.807, 2.05) is 0 Å². The molecule has 0 saturated heterocycles. The van der Waals surface area contributed by atoms with Crippen molar-refractivity contribution in [3.05, 3.63) is 12.7 Å². The summed E-state index contributed by atoms with van der Waals surface area (Å²) >= 11 is 0. The van der Waals surface area contributed by atoms with Crippen LogP contribution in [0.2, 0.25) is 0 Å². The van der Waals surface area contributed by atoms with E-state index in [2.05, 4.69) is 11.9 Å². The van der Waals surface area contributed by atoms with Crippen molar-refractivity contribution in [1.29, 1.82) is 0 Å². The van der Waals surface area contributed by atoms with Crippen molar-refractivity contribution in [2.45, 2.75) is 6.92 Å². The zero-order valence-corrected chi connectivity index (χ0v) is 7.89. The quantitative estimate of drug-likeness (QED) is 0.472. The molecular weight excluding hydrogens is 182 g/mol. The summed E-state index contributed by atoms with van der Waals surface area (Å²) in [5, 5.41) is 2.36. The van der Waals surface area contributed by atoms with Crippen molar-refractivity contribution in [3.63, 3.8) is 0 Å². The second-order valence-corrected chi connectivity index (χ2v) is 3.43. The molecule has 1 amide bonds. The molecule has 0 bridgehead atoms. The molecule has 0 aromatic carbocycles. The molecule has 5 nitrogen and oxygen atoms in total. The summed E-state index contributed by atoms with van der Waals surface area (Å²) in [6.45, 7) is 4.59. The molecule has 0 heterocycles. The van der Waals surface area contributed by atoms with Gasteiger partial charge in [-0.15, -0.1) is 0 Å². The number of rotatable bonds is 2. The first kappa shape index (κ1) is 13.7. The Kier molecular flexibility index (Phi) is 7.77. The van der Waals surface area contributed by atoms with Gasteiger partial charge in [-0.05, 0) is 13.0 Å². The van der Waals surface area contributed by atoms with Gasteiger partial charge in [0.15, 0.2) is 0 Å². The van der Waals surface area contributed by atoms with Crippen molar-refractivity contribution in [2.75, 3.05) is 12.8 Å². The molecule has 2 N–H and O–H groups in total. The number of hydrogen-bond donors (Lipinski definition) is 2. The molecule has 6 heteroatoms. The summed E-state index contributed by atoms with van der Waals surface area (Å²) in [5.74, 6) is -0.345. The maximum Gasteiger partial charge on any atom is 0.264 e. The Bertz CT molecular complexity index is 232. The average molecular weight is 195 g/mol. The summed E-state index contributed by atoms with van der Waals surface area (Å²) in [5.41, 5.74) is 0. The Balaban J connectivity index is 0. The minimum atomic E-state index is -3.66. The summed E-state index contributed by atoms with van der Waals surface area (Å²) in [4.78, 5) is 9.95. The van der Waals surface area contributed by atoms with E-state index in [1.54, 1.807) is 7.05 Å². The van der Waals surface area contributed by atoms with Gasteiger partial charge in [0.25, 0.3) is 10.1 Å². The van der Waals surface area contributed by atoms with Crippen molar-refractivity contribution in [1.82, 2.24) is 5.32 Å². The van der Waals surface area contributed by atoms with E-state index in [1.165, 1.54) is 13.0 Å². The monoisotopic (exact) mass is 195 g/mol. The second kappa shape index (κ2) is 6.81. The molecule has 0 rings (SSSR count). The highest BCUT2D eigenvalue weighted by Gasteiger charge is 1.93.